The predicted molar refractivity (Wildman–Crippen MR) is 87.1 cm³/mol. The van der Waals surface area contributed by atoms with Crippen LogP contribution in [0.1, 0.15) is 12.0 Å². The largest absolute Gasteiger partial charge is 0.484 e. The summed E-state index contributed by atoms with van der Waals surface area (Å²) in [5.74, 6) is -0.872. The lowest BCUT2D eigenvalue weighted by Gasteiger charge is -2.47. The van der Waals surface area contributed by atoms with E-state index in [0.29, 0.717) is 18.7 Å². The number of rotatable bonds is 3. The van der Waals surface area contributed by atoms with Crippen molar-refractivity contribution in [2.45, 2.75) is 18.1 Å². The van der Waals surface area contributed by atoms with Crippen molar-refractivity contribution in [1.29, 1.82) is 0 Å². The van der Waals surface area contributed by atoms with Crippen LogP contribution < -0.4 is 10.5 Å². The molecule has 1 fully saturated rings. The lowest BCUT2D eigenvalue weighted by Crippen LogP contribution is -2.54. The SMILES string of the molecule is C=C1C2CCOCC2(c2cc(OCC(F)(F)F)ccc2F)N=C(N)N1C. The molecule has 2 unspecified atom stereocenters. The van der Waals surface area contributed by atoms with Gasteiger partial charge in [-0.25, -0.2) is 9.38 Å². The smallest absolute Gasteiger partial charge is 0.422 e. The summed E-state index contributed by atoms with van der Waals surface area (Å²) in [7, 11) is 1.71. The number of hydrogen-bond donors (Lipinski definition) is 1. The third-order valence-corrected chi connectivity index (χ3v) is 4.75. The molecular weight excluding hydrogens is 354 g/mol. The number of guanidine groups is 1. The van der Waals surface area contributed by atoms with Gasteiger partial charge in [-0.05, 0) is 24.6 Å². The maximum Gasteiger partial charge on any atom is 0.422 e. The summed E-state index contributed by atoms with van der Waals surface area (Å²) in [5.41, 5.74) is 5.51. The van der Waals surface area contributed by atoms with E-state index < -0.39 is 24.1 Å². The first-order valence-electron chi connectivity index (χ1n) is 7.99. The minimum atomic E-state index is -4.49. The minimum Gasteiger partial charge on any atom is -0.484 e. The van der Waals surface area contributed by atoms with Gasteiger partial charge in [0.15, 0.2) is 12.6 Å². The second kappa shape index (κ2) is 6.46. The second-order valence-electron chi connectivity index (χ2n) is 6.38. The fraction of sp³-hybridized carbons (Fsp3) is 0.471. The number of fused-ring (bicyclic) bond motifs is 1. The molecule has 1 aromatic carbocycles. The van der Waals surface area contributed by atoms with E-state index in [1.807, 2.05) is 0 Å². The molecule has 26 heavy (non-hydrogen) atoms. The Balaban J connectivity index is 2.06. The molecule has 0 radical (unpaired) electrons. The first kappa shape index (κ1) is 18.5. The summed E-state index contributed by atoms with van der Waals surface area (Å²) >= 11 is 0. The van der Waals surface area contributed by atoms with Gasteiger partial charge in [-0.15, -0.1) is 0 Å². The summed E-state index contributed by atoms with van der Waals surface area (Å²) in [6.45, 7) is 3.05. The van der Waals surface area contributed by atoms with Crippen molar-refractivity contribution >= 4 is 5.96 Å². The molecule has 0 aliphatic carbocycles. The molecular formula is C17H19F4N3O2. The van der Waals surface area contributed by atoms with Crippen LogP contribution in [0.25, 0.3) is 0 Å². The summed E-state index contributed by atoms with van der Waals surface area (Å²) in [6, 6.07) is 3.45. The quantitative estimate of drug-likeness (QED) is 0.828. The molecule has 0 amide bonds. The van der Waals surface area contributed by atoms with E-state index >= 15 is 0 Å². The molecule has 0 spiro atoms. The fourth-order valence-corrected chi connectivity index (χ4v) is 3.40. The summed E-state index contributed by atoms with van der Waals surface area (Å²) in [5, 5.41) is 0. The lowest BCUT2D eigenvalue weighted by molar-refractivity contribution is -0.153. The van der Waals surface area contributed by atoms with Gasteiger partial charge in [-0.2, -0.15) is 13.2 Å². The van der Waals surface area contributed by atoms with Crippen molar-refractivity contribution in [3.05, 3.63) is 41.9 Å². The standard InChI is InChI=1S/C17H19F4N3O2/c1-10-12-5-6-25-8-16(12,23-15(22)24(10)2)13-7-11(3-4-14(13)18)26-9-17(19,20)21/h3-4,7,12H,1,5-6,8-9H2,2H3,(H2,22,23). The Morgan fingerprint density at radius 2 is 2.19 bits per heavy atom. The van der Waals surface area contributed by atoms with Crippen molar-refractivity contribution < 1.29 is 27.0 Å². The van der Waals surface area contributed by atoms with E-state index in [9.17, 15) is 17.6 Å². The maximum atomic E-state index is 14.7. The molecule has 1 aromatic rings. The zero-order valence-corrected chi connectivity index (χ0v) is 14.1. The highest BCUT2D eigenvalue weighted by molar-refractivity contribution is 5.81. The van der Waals surface area contributed by atoms with Crippen LogP contribution in [0, 0.1) is 11.7 Å². The lowest BCUT2D eigenvalue weighted by atomic mass is 9.73. The van der Waals surface area contributed by atoms with E-state index in [2.05, 4.69) is 11.6 Å². The van der Waals surface area contributed by atoms with Crippen LogP contribution in [0.3, 0.4) is 0 Å². The monoisotopic (exact) mass is 373 g/mol. The van der Waals surface area contributed by atoms with Crippen LogP contribution in [-0.2, 0) is 10.3 Å². The Labute approximate surface area is 148 Å². The van der Waals surface area contributed by atoms with Crippen LogP contribution in [0.2, 0.25) is 0 Å². The second-order valence-corrected chi connectivity index (χ2v) is 6.38. The number of benzene rings is 1. The number of halogens is 4. The zero-order valence-electron chi connectivity index (χ0n) is 14.1. The van der Waals surface area contributed by atoms with Crippen molar-refractivity contribution in [3.63, 3.8) is 0 Å². The molecule has 0 bridgehead atoms. The topological polar surface area (TPSA) is 60.1 Å². The number of hydrogen-bond acceptors (Lipinski definition) is 5. The Kier molecular flexibility index (Phi) is 4.60. The molecule has 1 saturated heterocycles. The molecule has 9 heteroatoms. The van der Waals surface area contributed by atoms with Crippen LogP contribution >= 0.6 is 0 Å². The molecule has 2 atom stereocenters. The average Bonchev–Trinajstić information content (AvgIpc) is 2.58. The molecule has 2 aliphatic rings. The maximum absolute atomic E-state index is 14.7. The van der Waals surface area contributed by atoms with Gasteiger partial charge in [0.05, 0.1) is 6.61 Å². The highest BCUT2D eigenvalue weighted by Gasteiger charge is 2.50. The minimum absolute atomic E-state index is 0.0465. The zero-order chi connectivity index (χ0) is 19.1. The summed E-state index contributed by atoms with van der Waals surface area (Å²) < 4.78 is 62.2. The van der Waals surface area contributed by atoms with Gasteiger partial charge in [-0.3, -0.25) is 0 Å². The molecule has 3 rings (SSSR count). The Bertz CT molecular complexity index is 750. The number of ether oxygens (including phenoxy) is 2. The first-order chi connectivity index (χ1) is 12.1. The van der Waals surface area contributed by atoms with Crippen LogP contribution in [0.5, 0.6) is 5.75 Å². The highest BCUT2D eigenvalue weighted by atomic mass is 19.4. The third-order valence-electron chi connectivity index (χ3n) is 4.75. The van der Waals surface area contributed by atoms with E-state index in [1.54, 1.807) is 11.9 Å². The Morgan fingerprint density at radius 3 is 2.88 bits per heavy atom. The van der Waals surface area contributed by atoms with Gasteiger partial charge >= 0.3 is 6.18 Å². The Hall–Kier alpha value is -2.29. The fourth-order valence-electron chi connectivity index (χ4n) is 3.40. The number of nitrogens with zero attached hydrogens (tertiary/aromatic N) is 2. The van der Waals surface area contributed by atoms with Crippen LogP contribution in [0.15, 0.2) is 35.5 Å². The molecule has 0 aromatic heterocycles. The van der Waals surface area contributed by atoms with E-state index in [0.717, 1.165) is 12.1 Å². The number of aliphatic imine (C=N–C) groups is 1. The predicted octanol–water partition coefficient (Wildman–Crippen LogP) is 2.77. The van der Waals surface area contributed by atoms with Crippen molar-refractivity contribution in [2.75, 3.05) is 26.9 Å². The van der Waals surface area contributed by atoms with Crippen LogP contribution in [-0.4, -0.2) is 43.9 Å². The summed E-state index contributed by atoms with van der Waals surface area (Å²) in [6.07, 6.45) is -3.96. The third kappa shape index (κ3) is 3.23. The molecule has 142 valence electrons. The van der Waals surface area contributed by atoms with Crippen LogP contribution in [0.4, 0.5) is 17.6 Å². The van der Waals surface area contributed by atoms with Gasteiger partial charge in [0, 0.05) is 30.8 Å². The van der Waals surface area contributed by atoms with Gasteiger partial charge in [-0.1, -0.05) is 6.58 Å². The van der Waals surface area contributed by atoms with Gasteiger partial charge in [0.2, 0.25) is 0 Å². The van der Waals surface area contributed by atoms with Crippen molar-refractivity contribution in [3.8, 4) is 5.75 Å². The average molecular weight is 373 g/mol. The number of alkyl halides is 3. The van der Waals surface area contributed by atoms with E-state index in [-0.39, 0.29) is 29.8 Å². The highest BCUT2D eigenvalue weighted by Crippen LogP contribution is 2.47. The van der Waals surface area contributed by atoms with E-state index in [1.165, 1.54) is 6.07 Å². The van der Waals surface area contributed by atoms with Crippen molar-refractivity contribution in [1.82, 2.24) is 4.90 Å². The number of nitrogens with two attached hydrogens (primary N) is 1. The molecule has 0 saturated carbocycles. The molecule has 2 N–H and O–H groups in total. The molecule has 2 aliphatic heterocycles. The van der Waals surface area contributed by atoms with E-state index in [4.69, 9.17) is 15.2 Å². The molecule has 5 nitrogen and oxygen atoms in total. The normalized spacial score (nSPS) is 26.3. The first-order valence-corrected chi connectivity index (χ1v) is 7.99. The molecule has 2 heterocycles. The Morgan fingerprint density at radius 1 is 1.46 bits per heavy atom. The van der Waals surface area contributed by atoms with Gasteiger partial charge < -0.3 is 20.1 Å². The van der Waals surface area contributed by atoms with Gasteiger partial charge in [0.1, 0.15) is 17.1 Å². The van der Waals surface area contributed by atoms with Gasteiger partial charge in [0.25, 0.3) is 0 Å². The van der Waals surface area contributed by atoms with Crippen molar-refractivity contribution in [2.24, 2.45) is 16.6 Å². The summed E-state index contributed by atoms with van der Waals surface area (Å²) in [4.78, 5) is 6.09.